The Morgan fingerprint density at radius 2 is 1.68 bits per heavy atom. The third-order valence-electron chi connectivity index (χ3n) is 3.60. The van der Waals surface area contributed by atoms with Gasteiger partial charge in [0.15, 0.2) is 0 Å². The summed E-state index contributed by atoms with van der Waals surface area (Å²) in [5.74, 6) is -0.203. The van der Waals surface area contributed by atoms with Gasteiger partial charge in [0, 0.05) is 0 Å². The third kappa shape index (κ3) is 5.46. The fourth-order valence-corrected chi connectivity index (χ4v) is 2.46. The number of carbonyl (C=O) groups excluding carboxylic acids is 1. The number of esters is 1. The molecule has 1 aliphatic carbocycles. The van der Waals surface area contributed by atoms with Gasteiger partial charge < -0.3 is 4.74 Å². The van der Waals surface area contributed by atoms with Gasteiger partial charge in [-0.05, 0) is 46.0 Å². The van der Waals surface area contributed by atoms with Crippen molar-refractivity contribution in [1.29, 1.82) is 0 Å². The van der Waals surface area contributed by atoms with Gasteiger partial charge in [0.2, 0.25) is 0 Å². The molecule has 1 aliphatic rings. The number of nitrogens with two attached hydrogens (primary N) is 1. The predicted octanol–water partition coefficient (Wildman–Crippen LogP) is 1.50. The SMILES string of the molecule is CCC(C)(C)C(=O)OC1CCC(OS(N)(=O)=O)CC1. The van der Waals surface area contributed by atoms with Crippen LogP contribution in [0.5, 0.6) is 0 Å². The molecular weight excluding hydrogens is 270 g/mol. The molecule has 0 atom stereocenters. The van der Waals surface area contributed by atoms with Crippen molar-refractivity contribution in [3.8, 4) is 0 Å². The summed E-state index contributed by atoms with van der Waals surface area (Å²) in [7, 11) is -3.90. The lowest BCUT2D eigenvalue weighted by Gasteiger charge is -2.30. The first-order valence-corrected chi connectivity index (χ1v) is 8.03. The molecule has 0 radical (unpaired) electrons. The summed E-state index contributed by atoms with van der Waals surface area (Å²) < 4.78 is 31.8. The summed E-state index contributed by atoms with van der Waals surface area (Å²) in [6.07, 6.45) is 2.43. The average molecular weight is 293 g/mol. The van der Waals surface area contributed by atoms with Crippen LogP contribution in [0.4, 0.5) is 0 Å². The summed E-state index contributed by atoms with van der Waals surface area (Å²) in [6, 6.07) is 0. The van der Waals surface area contributed by atoms with Crippen LogP contribution in [0.25, 0.3) is 0 Å². The first kappa shape index (κ1) is 16.4. The van der Waals surface area contributed by atoms with E-state index in [0.717, 1.165) is 6.42 Å². The maximum Gasteiger partial charge on any atom is 0.333 e. The molecule has 0 bridgehead atoms. The Hall–Kier alpha value is -0.660. The predicted molar refractivity (Wildman–Crippen MR) is 70.4 cm³/mol. The standard InChI is InChI=1S/C12H23NO5S/c1-4-12(2,3)11(14)17-9-5-7-10(8-6-9)18-19(13,15)16/h9-10H,4-8H2,1-3H3,(H2,13,15,16). The Bertz CT molecular complexity index is 410. The van der Waals surface area contributed by atoms with Crippen LogP contribution in [-0.2, 0) is 24.0 Å². The molecule has 0 aliphatic heterocycles. The second kappa shape index (κ2) is 6.19. The van der Waals surface area contributed by atoms with Crippen LogP contribution in [-0.4, -0.2) is 26.6 Å². The summed E-state index contributed by atoms with van der Waals surface area (Å²) in [5.41, 5.74) is -0.478. The minimum Gasteiger partial charge on any atom is -0.462 e. The van der Waals surface area contributed by atoms with Crippen LogP contribution in [0.1, 0.15) is 52.9 Å². The second-order valence-corrected chi connectivity index (χ2v) is 6.81. The molecule has 6 nitrogen and oxygen atoms in total. The van der Waals surface area contributed by atoms with Crippen LogP contribution in [0, 0.1) is 5.41 Å². The van der Waals surface area contributed by atoms with E-state index in [0.29, 0.717) is 25.7 Å². The van der Waals surface area contributed by atoms with E-state index in [2.05, 4.69) is 0 Å². The Morgan fingerprint density at radius 1 is 1.21 bits per heavy atom. The lowest BCUT2D eigenvalue weighted by atomic mass is 9.90. The summed E-state index contributed by atoms with van der Waals surface area (Å²) in [4.78, 5) is 11.9. The molecule has 0 aromatic heterocycles. The topological polar surface area (TPSA) is 95.7 Å². The maximum absolute atomic E-state index is 11.9. The number of ether oxygens (including phenoxy) is 1. The Balaban J connectivity index is 2.41. The first-order valence-electron chi connectivity index (χ1n) is 6.56. The fraction of sp³-hybridized carbons (Fsp3) is 0.917. The molecule has 0 spiro atoms. The van der Waals surface area contributed by atoms with Crippen molar-refractivity contribution in [2.45, 2.75) is 65.1 Å². The summed E-state index contributed by atoms with van der Waals surface area (Å²) in [6.45, 7) is 5.65. The third-order valence-corrected chi connectivity index (χ3v) is 4.14. The molecule has 0 amide bonds. The van der Waals surface area contributed by atoms with Crippen molar-refractivity contribution in [2.24, 2.45) is 10.6 Å². The number of rotatable bonds is 5. The zero-order valence-electron chi connectivity index (χ0n) is 11.7. The fourth-order valence-electron chi connectivity index (χ4n) is 1.89. The van der Waals surface area contributed by atoms with Gasteiger partial charge in [-0.1, -0.05) is 6.92 Å². The van der Waals surface area contributed by atoms with Gasteiger partial charge in [-0.25, -0.2) is 5.14 Å². The molecule has 1 rings (SSSR count). The van der Waals surface area contributed by atoms with E-state index in [9.17, 15) is 13.2 Å². The van der Waals surface area contributed by atoms with Crippen LogP contribution >= 0.6 is 0 Å². The summed E-state index contributed by atoms with van der Waals surface area (Å²) in [5, 5.41) is 4.82. The molecule has 0 heterocycles. The van der Waals surface area contributed by atoms with Crippen molar-refractivity contribution in [3.05, 3.63) is 0 Å². The number of hydrogen-bond donors (Lipinski definition) is 1. The molecule has 0 saturated heterocycles. The van der Waals surface area contributed by atoms with Crippen LogP contribution in [0.15, 0.2) is 0 Å². The highest BCUT2D eigenvalue weighted by molar-refractivity contribution is 7.84. The van der Waals surface area contributed by atoms with E-state index in [1.165, 1.54) is 0 Å². The minimum atomic E-state index is -3.90. The average Bonchev–Trinajstić information content (AvgIpc) is 2.29. The van der Waals surface area contributed by atoms with Crippen LogP contribution < -0.4 is 5.14 Å². The molecule has 1 fully saturated rings. The Labute approximate surface area is 114 Å². The molecule has 7 heteroatoms. The van der Waals surface area contributed by atoms with Gasteiger partial charge in [0.05, 0.1) is 11.5 Å². The Kier molecular flexibility index (Phi) is 5.34. The molecular formula is C12H23NO5S. The largest absolute Gasteiger partial charge is 0.462 e. The number of carbonyl (C=O) groups is 1. The normalized spacial score (nSPS) is 25.1. The van der Waals surface area contributed by atoms with E-state index in [1.807, 2.05) is 20.8 Å². The lowest BCUT2D eigenvalue weighted by molar-refractivity contribution is -0.162. The summed E-state index contributed by atoms with van der Waals surface area (Å²) >= 11 is 0. The van der Waals surface area contributed by atoms with Crippen LogP contribution in [0.2, 0.25) is 0 Å². The molecule has 19 heavy (non-hydrogen) atoms. The molecule has 0 aromatic rings. The van der Waals surface area contributed by atoms with E-state index < -0.39 is 21.8 Å². The molecule has 112 valence electrons. The minimum absolute atomic E-state index is 0.154. The van der Waals surface area contributed by atoms with Crippen molar-refractivity contribution >= 4 is 16.3 Å². The van der Waals surface area contributed by atoms with Crippen molar-refractivity contribution < 1.29 is 22.1 Å². The highest BCUT2D eigenvalue weighted by Crippen LogP contribution is 2.28. The zero-order chi connectivity index (χ0) is 14.7. The maximum atomic E-state index is 11.9. The molecule has 1 saturated carbocycles. The van der Waals surface area contributed by atoms with Gasteiger partial charge in [-0.2, -0.15) is 8.42 Å². The van der Waals surface area contributed by atoms with Gasteiger partial charge >= 0.3 is 16.3 Å². The van der Waals surface area contributed by atoms with E-state index in [4.69, 9.17) is 14.1 Å². The highest BCUT2D eigenvalue weighted by Gasteiger charge is 2.32. The van der Waals surface area contributed by atoms with Crippen molar-refractivity contribution in [3.63, 3.8) is 0 Å². The first-order chi connectivity index (χ1) is 8.64. The van der Waals surface area contributed by atoms with Crippen molar-refractivity contribution in [2.75, 3.05) is 0 Å². The molecule has 0 aromatic carbocycles. The van der Waals surface area contributed by atoms with Crippen molar-refractivity contribution in [1.82, 2.24) is 0 Å². The smallest absolute Gasteiger partial charge is 0.333 e. The monoisotopic (exact) mass is 293 g/mol. The lowest BCUT2D eigenvalue weighted by Crippen LogP contribution is -2.35. The van der Waals surface area contributed by atoms with Crippen LogP contribution in [0.3, 0.4) is 0 Å². The quantitative estimate of drug-likeness (QED) is 0.775. The van der Waals surface area contributed by atoms with Gasteiger partial charge in [0.1, 0.15) is 6.10 Å². The van der Waals surface area contributed by atoms with E-state index in [1.54, 1.807) is 0 Å². The zero-order valence-corrected chi connectivity index (χ0v) is 12.5. The highest BCUT2D eigenvalue weighted by atomic mass is 32.2. The van der Waals surface area contributed by atoms with E-state index >= 15 is 0 Å². The van der Waals surface area contributed by atoms with Gasteiger partial charge in [-0.3, -0.25) is 8.98 Å². The second-order valence-electron chi connectivity index (χ2n) is 5.63. The van der Waals surface area contributed by atoms with Gasteiger partial charge in [0.25, 0.3) is 0 Å². The number of hydrogen-bond acceptors (Lipinski definition) is 5. The molecule has 0 unspecified atom stereocenters. The molecule has 2 N–H and O–H groups in total. The van der Waals surface area contributed by atoms with E-state index in [-0.39, 0.29) is 12.1 Å². The van der Waals surface area contributed by atoms with Gasteiger partial charge in [-0.15, -0.1) is 0 Å². The Morgan fingerprint density at radius 3 is 2.11 bits per heavy atom.